The van der Waals surface area contributed by atoms with Gasteiger partial charge in [-0.2, -0.15) is 37.8 Å². The normalized spacial score (nSPS) is 8.54. The summed E-state index contributed by atoms with van der Waals surface area (Å²) < 4.78 is 141. The van der Waals surface area contributed by atoms with E-state index < -0.39 is 41.0 Å². The Labute approximate surface area is 448 Å². The Morgan fingerprint density at radius 1 is 0.203 bits per heavy atom. The predicted octanol–water partition coefficient (Wildman–Crippen LogP) is -31.8. The molecule has 36 N–H and O–H groups in total. The molecule has 440 valence electrons. The van der Waals surface area contributed by atoms with Crippen molar-refractivity contribution in [1.29, 1.82) is 0 Å². The first-order valence-corrected chi connectivity index (χ1v) is 19.0. The van der Waals surface area contributed by atoms with Crippen LogP contribution in [0.4, 0.5) is 0 Å². The van der Waals surface area contributed by atoms with E-state index in [-0.39, 0.29) is 105 Å². The van der Waals surface area contributed by atoms with Gasteiger partial charge in [-0.05, 0) is 0 Å². The summed E-state index contributed by atoms with van der Waals surface area (Å²) in [6.45, 7) is 12.7. The van der Waals surface area contributed by atoms with Crippen LogP contribution >= 0.6 is 0 Å². The summed E-state index contributed by atoms with van der Waals surface area (Å²) in [6.07, 6.45) is 10.0. The van der Waals surface area contributed by atoms with Crippen LogP contribution in [0.15, 0.2) is 49.6 Å². The molecule has 4 aromatic rings. The fraction of sp³-hybridized carbons (Fsp3) is 0.333. The third-order valence-electron chi connectivity index (χ3n) is 5.21. The van der Waals surface area contributed by atoms with E-state index in [1.807, 2.05) is 0 Å². The van der Waals surface area contributed by atoms with Crippen LogP contribution in [0.25, 0.3) is 0 Å². The molecule has 50 heteroatoms. The van der Waals surface area contributed by atoms with E-state index in [4.69, 9.17) is 74.5 Å². The monoisotopic (exact) mass is 1310 g/mol. The molecule has 4 aromatic heterocycles. The number of hydrogen-bond donors (Lipinski definition) is 0. The van der Waals surface area contributed by atoms with Crippen molar-refractivity contribution in [2.45, 2.75) is 55.4 Å². The zero-order valence-corrected chi connectivity index (χ0v) is 48.8. The van der Waals surface area contributed by atoms with Crippen molar-refractivity contribution in [3.63, 3.8) is 0 Å². The number of hydrogen-bond acceptors (Lipinski definition) is 24. The Morgan fingerprint density at radius 2 is 0.243 bits per heavy atom. The Morgan fingerprint density at radius 3 is 0.284 bits per heavy atom. The maximum atomic E-state index is 10.8. The van der Waals surface area contributed by atoms with E-state index in [0.29, 0.717) is 83.4 Å². The van der Waals surface area contributed by atoms with Gasteiger partial charge in [0.25, 0.3) is 45.6 Å². The van der Waals surface area contributed by atoms with Gasteiger partial charge in [0.1, 0.15) is 0 Å². The summed E-state index contributed by atoms with van der Waals surface area (Å²) in [7, 11) is -19.8. The second-order valence-corrected chi connectivity index (χ2v) is 13.3. The first-order chi connectivity index (χ1) is 26.4. The third-order valence-corrected chi connectivity index (χ3v) is 5.21. The van der Waals surface area contributed by atoms with Gasteiger partial charge in [-0.3, -0.25) is 0 Å². The van der Waals surface area contributed by atoms with Crippen LogP contribution in [0.2, 0.25) is 0 Å². The standard InChI is InChI=1S/4C6H8N2O2.4ClHO4.12H2O.2Zn/c4*1-5-3-8(10)6(2)4-7(5)9;4*2-1(3,4)5;;;;;;;;;;;;;;/h4*3-4H,1-2H3;4*(H,2,3,4,5);12*1H2;;/q;;;;;;;;;;;;;;;;;;;;2*+2/p+8. The summed E-state index contributed by atoms with van der Waals surface area (Å²) in [4.78, 5) is 0. The molecular weight excluding hydrogens is 1250 g/mol. The first-order valence-electron chi connectivity index (χ1n) is 14.1. The summed E-state index contributed by atoms with van der Waals surface area (Å²) in [5.41, 5.74) is 3.23. The fourth-order valence-corrected chi connectivity index (χ4v) is 2.63. The molecule has 0 amide bonds. The summed E-state index contributed by atoms with van der Waals surface area (Å²) in [5, 5.41) is 86.1. The molecule has 0 aliphatic carbocycles. The predicted molar refractivity (Wildman–Crippen MR) is 194 cm³/mol. The van der Waals surface area contributed by atoms with Crippen LogP contribution in [0, 0.1) is 138 Å². The number of aryl methyl sites for hydroxylation is 8. The van der Waals surface area contributed by atoms with Gasteiger partial charge in [0.2, 0.25) is 49.6 Å². The maximum absolute atomic E-state index is 10.8. The minimum Gasteiger partial charge on any atom is -0.618 e. The van der Waals surface area contributed by atoms with Crippen LogP contribution in [-0.4, -0.2) is 0 Å². The molecule has 0 saturated carbocycles. The molecule has 74 heavy (non-hydrogen) atoms. The SMILES string of the molecule is Cc1c[n+]([O-])c(C)c[n+]1[O-].Cc1c[n+]([O-])c(C)c[n+]1[O-].Cc1c[n+]([O-])c(C)c[n+]1[O-].Cc1c[n+]([O-])c(C)c[n+]1[O-].[O-][Cl+3]([O-])([O-])[O-].[O-][Cl+3]([O-])([O-])[O-].[O-][Cl+3]([O-])([O-])[O-].[O-][Cl+3]([O-])([O-])[O-].[OH3+].[OH3+].[OH3+].[OH3+].[OH3+].[OH3+].[OH3+].[OH3+].[OH3+].[OH3+].[OH3+].[OH3+].[Zn+2].[Zn+2]. The van der Waals surface area contributed by atoms with E-state index in [0.717, 1.165) is 0 Å². The molecule has 0 radical (unpaired) electrons. The Kier molecular flexibility index (Phi) is 92.0. The van der Waals surface area contributed by atoms with Crippen LogP contribution in [0.5, 0.6) is 0 Å². The van der Waals surface area contributed by atoms with Gasteiger partial charge in [0.15, 0.2) is 0 Å². The summed E-state index contributed by atoms with van der Waals surface area (Å²) in [6, 6.07) is 0. The molecule has 0 unspecified atom stereocenters. The number of nitrogens with zero attached hydrogens (tertiary/aromatic N) is 8. The van der Waals surface area contributed by atoms with Crippen molar-refractivity contribution in [2.75, 3.05) is 0 Å². The summed E-state index contributed by atoms with van der Waals surface area (Å²) >= 11 is 0. The van der Waals surface area contributed by atoms with Crippen molar-refractivity contribution in [3.05, 3.63) is 137 Å². The van der Waals surface area contributed by atoms with Crippen molar-refractivity contribution in [2.24, 2.45) is 0 Å². The van der Waals surface area contributed by atoms with Gasteiger partial charge in [-0.15, -0.1) is 41.0 Å². The summed E-state index contributed by atoms with van der Waals surface area (Å²) in [5.74, 6) is 0. The van der Waals surface area contributed by atoms with E-state index in [2.05, 4.69) is 0 Å². The van der Waals surface area contributed by atoms with Gasteiger partial charge in [0, 0.05) is 55.4 Å². The van der Waals surface area contributed by atoms with Crippen LogP contribution in [-0.2, 0) is 105 Å². The van der Waals surface area contributed by atoms with Crippen molar-refractivity contribution >= 4 is 0 Å². The molecule has 0 saturated heterocycles. The molecule has 4 rings (SSSR count). The molecule has 0 fully saturated rings. The van der Waals surface area contributed by atoms with Crippen molar-refractivity contribution in [1.82, 2.24) is 0 Å². The van der Waals surface area contributed by atoms with Gasteiger partial charge in [-0.1, -0.05) is 0 Å². The molecule has 0 aliphatic heterocycles. The minimum absolute atomic E-state index is 0. The first kappa shape index (κ1) is 123. The molecule has 0 aliphatic rings. The van der Waals surface area contributed by atoms with Crippen LogP contribution in [0.3, 0.4) is 0 Å². The average Bonchev–Trinajstić information content (AvgIpc) is 2.99. The second-order valence-electron chi connectivity index (χ2n) is 10.3. The fourth-order valence-electron chi connectivity index (χ4n) is 2.63. The van der Waals surface area contributed by atoms with E-state index >= 15 is 0 Å². The maximum Gasteiger partial charge on any atom is 2.00 e. The van der Waals surface area contributed by atoms with Gasteiger partial charge in [-0.25, -0.2) is 74.5 Å². The Hall–Kier alpha value is -3.99. The number of rotatable bonds is 0. The zero-order chi connectivity index (χ0) is 48.9. The van der Waals surface area contributed by atoms with Gasteiger partial charge >= 0.3 is 39.0 Å². The molecule has 44 nitrogen and oxygen atoms in total. The van der Waals surface area contributed by atoms with Gasteiger partial charge < -0.3 is 107 Å². The largest absolute Gasteiger partial charge is 2.00 e. The van der Waals surface area contributed by atoms with Gasteiger partial charge in [0.05, 0.1) is 0 Å². The number of aromatic nitrogens is 8. The zero-order valence-electron chi connectivity index (χ0n) is 39.8. The quantitative estimate of drug-likeness (QED) is 0.0683. The van der Waals surface area contributed by atoms with Crippen LogP contribution < -0.4 is 112 Å². The van der Waals surface area contributed by atoms with E-state index in [1.54, 1.807) is 55.4 Å². The second kappa shape index (κ2) is 55.2. The molecule has 0 spiro atoms. The molecular formula is C24H68Cl4N8O36Zn2+12. The number of halogens is 4. The van der Waals surface area contributed by atoms with Crippen molar-refractivity contribution < 1.29 is 258 Å². The molecule has 0 bridgehead atoms. The smallest absolute Gasteiger partial charge is 0.618 e. The molecule has 4 heterocycles. The Bertz CT molecular complexity index is 1430. The topological polar surface area (TPSA) is 980 Å². The third kappa shape index (κ3) is 84.8. The van der Waals surface area contributed by atoms with Crippen molar-refractivity contribution in [3.8, 4) is 0 Å². The Balaban J connectivity index is -0.0000000300. The average molecular weight is 1320 g/mol. The molecule has 0 aromatic carbocycles. The minimum atomic E-state index is -4.94. The van der Waals surface area contributed by atoms with E-state index in [9.17, 15) is 41.7 Å². The van der Waals surface area contributed by atoms with Crippen LogP contribution in [0.1, 0.15) is 45.6 Å². The van der Waals surface area contributed by atoms with E-state index in [1.165, 1.54) is 49.6 Å². The molecule has 0 atom stereocenters.